The maximum absolute atomic E-state index is 13.4. The van der Waals surface area contributed by atoms with Gasteiger partial charge in [0.25, 0.3) is 5.91 Å². The van der Waals surface area contributed by atoms with Gasteiger partial charge in [-0.1, -0.05) is 30.3 Å². The van der Waals surface area contributed by atoms with Gasteiger partial charge in [-0.15, -0.1) is 0 Å². The summed E-state index contributed by atoms with van der Waals surface area (Å²) in [6.07, 6.45) is -8.49. The van der Waals surface area contributed by atoms with Crippen molar-refractivity contribution in [3.8, 4) is 0 Å². The third kappa shape index (κ3) is 6.02. The third-order valence-corrected chi connectivity index (χ3v) is 8.60. The van der Waals surface area contributed by atoms with Gasteiger partial charge in [-0.05, 0) is 56.7 Å². The van der Waals surface area contributed by atoms with Crippen LogP contribution in [0, 0.1) is 0 Å². The predicted octanol–water partition coefficient (Wildman–Crippen LogP) is 6.03. The number of likely N-dealkylation sites (tertiary alicyclic amines) is 2. The van der Waals surface area contributed by atoms with Crippen LogP contribution in [0.25, 0.3) is 0 Å². The fraction of sp³-hybridized carbons (Fsp3) is 0.517. The summed E-state index contributed by atoms with van der Waals surface area (Å²) in [7, 11) is 2.03. The second kappa shape index (κ2) is 10.8. The van der Waals surface area contributed by atoms with E-state index in [4.69, 9.17) is 4.74 Å². The molecular weight excluding hydrogens is 552 g/mol. The molecule has 41 heavy (non-hydrogen) atoms. The van der Waals surface area contributed by atoms with Crippen molar-refractivity contribution in [3.05, 3.63) is 70.8 Å². The summed E-state index contributed by atoms with van der Waals surface area (Å²) < 4.78 is 86.3. The fourth-order valence-electron chi connectivity index (χ4n) is 6.24. The van der Waals surface area contributed by atoms with Crippen molar-refractivity contribution in [1.82, 2.24) is 14.7 Å². The van der Waals surface area contributed by atoms with Gasteiger partial charge in [-0.3, -0.25) is 4.79 Å². The lowest BCUT2D eigenvalue weighted by Gasteiger charge is -2.52. The van der Waals surface area contributed by atoms with Gasteiger partial charge in [0.1, 0.15) is 5.60 Å². The van der Waals surface area contributed by atoms with Gasteiger partial charge < -0.3 is 19.4 Å². The van der Waals surface area contributed by atoms with Crippen molar-refractivity contribution >= 4 is 12.0 Å². The zero-order valence-electron chi connectivity index (χ0n) is 22.5. The Kier molecular flexibility index (Phi) is 7.73. The zero-order valence-corrected chi connectivity index (χ0v) is 22.5. The second-order valence-electron chi connectivity index (χ2n) is 11.2. The van der Waals surface area contributed by atoms with Crippen molar-refractivity contribution in [3.63, 3.8) is 0 Å². The SMILES string of the molecule is CN1CCC(N2C[C@H](c3ccccc3)C3(CCN(C(=O)c4cc(C(F)(F)F)cc(C(F)(F)F)c4)CC3)OC2=O)CC1. The lowest BCUT2D eigenvalue weighted by molar-refractivity contribution is -0.143. The topological polar surface area (TPSA) is 53.1 Å². The van der Waals surface area contributed by atoms with E-state index in [0.717, 1.165) is 31.5 Å². The molecule has 3 saturated heterocycles. The van der Waals surface area contributed by atoms with Crippen LogP contribution in [0.4, 0.5) is 31.1 Å². The van der Waals surface area contributed by atoms with Crippen molar-refractivity contribution in [2.45, 2.75) is 55.6 Å². The van der Waals surface area contributed by atoms with Gasteiger partial charge in [-0.2, -0.15) is 26.3 Å². The minimum absolute atomic E-state index is 0.00398. The van der Waals surface area contributed by atoms with E-state index in [1.165, 1.54) is 4.90 Å². The molecule has 2 aromatic rings. The maximum atomic E-state index is 13.4. The zero-order chi connectivity index (χ0) is 29.6. The number of piperidine rings is 2. The number of hydrogen-bond acceptors (Lipinski definition) is 4. The van der Waals surface area contributed by atoms with Crippen LogP contribution in [-0.4, -0.2) is 78.1 Å². The second-order valence-corrected chi connectivity index (χ2v) is 11.2. The molecule has 5 rings (SSSR count). The lowest BCUT2D eigenvalue weighted by Crippen LogP contribution is -2.61. The molecule has 3 heterocycles. The third-order valence-electron chi connectivity index (χ3n) is 8.60. The number of benzene rings is 2. The summed E-state index contributed by atoms with van der Waals surface area (Å²) >= 11 is 0. The van der Waals surface area contributed by atoms with Crippen molar-refractivity contribution in [2.24, 2.45) is 0 Å². The first-order valence-electron chi connectivity index (χ1n) is 13.6. The van der Waals surface area contributed by atoms with Gasteiger partial charge in [0.05, 0.1) is 11.1 Å². The molecule has 1 atom stereocenters. The first-order chi connectivity index (χ1) is 19.3. The molecule has 0 radical (unpaired) electrons. The molecule has 0 aromatic heterocycles. The number of carbonyl (C=O) groups excluding carboxylic acids is 2. The van der Waals surface area contributed by atoms with Gasteiger partial charge >= 0.3 is 18.4 Å². The van der Waals surface area contributed by atoms with Crippen molar-refractivity contribution in [1.29, 1.82) is 0 Å². The van der Waals surface area contributed by atoms with Crippen LogP contribution in [0.5, 0.6) is 0 Å². The van der Waals surface area contributed by atoms with E-state index in [2.05, 4.69) is 4.90 Å². The molecular formula is C29H31F6N3O3. The number of alkyl halides is 6. The predicted molar refractivity (Wildman–Crippen MR) is 137 cm³/mol. The Morgan fingerprint density at radius 2 is 1.44 bits per heavy atom. The molecule has 2 amide bonds. The monoisotopic (exact) mass is 583 g/mol. The summed E-state index contributed by atoms with van der Waals surface area (Å²) in [5, 5.41) is 0. The summed E-state index contributed by atoms with van der Waals surface area (Å²) in [5.74, 6) is -1.15. The summed E-state index contributed by atoms with van der Waals surface area (Å²) in [6, 6.07) is 10.5. The molecule has 3 aliphatic rings. The van der Waals surface area contributed by atoms with Crippen LogP contribution < -0.4 is 0 Å². The van der Waals surface area contributed by atoms with Crippen molar-refractivity contribution in [2.75, 3.05) is 39.8 Å². The Labute approximate surface area is 233 Å². The quantitative estimate of drug-likeness (QED) is 0.415. The number of ether oxygens (including phenoxy) is 1. The molecule has 0 saturated carbocycles. The number of amides is 2. The molecule has 2 aromatic carbocycles. The Bertz CT molecular complexity index is 1230. The Morgan fingerprint density at radius 3 is 1.98 bits per heavy atom. The van der Waals surface area contributed by atoms with Crippen LogP contribution in [0.3, 0.4) is 0 Å². The summed E-state index contributed by atoms with van der Waals surface area (Å²) in [5.41, 5.74) is -3.75. The average molecular weight is 584 g/mol. The number of carbonyl (C=O) groups is 2. The number of hydrogen-bond donors (Lipinski definition) is 0. The molecule has 0 aliphatic carbocycles. The molecule has 0 bridgehead atoms. The molecule has 222 valence electrons. The Hall–Kier alpha value is -3.28. The standard InChI is InChI=1S/C29H31F6N3O3/c1-36-11-7-23(8-12-36)38-18-24(19-5-3-2-4-6-19)27(41-26(38)40)9-13-37(14-10-27)25(39)20-15-21(28(30,31)32)17-22(16-20)29(33,34)35/h2-6,15-17,23-24H,7-14,18H2,1H3/t24-/m1/s1. The number of rotatable bonds is 3. The maximum Gasteiger partial charge on any atom is 0.416 e. The molecule has 0 unspecified atom stereocenters. The van der Waals surface area contributed by atoms with E-state index in [0.29, 0.717) is 18.7 Å². The van der Waals surface area contributed by atoms with E-state index < -0.39 is 46.6 Å². The Balaban J connectivity index is 1.38. The van der Waals surface area contributed by atoms with Crippen LogP contribution in [0.15, 0.2) is 48.5 Å². The lowest BCUT2D eigenvalue weighted by atomic mass is 9.74. The van der Waals surface area contributed by atoms with Gasteiger partial charge in [0.2, 0.25) is 0 Å². The van der Waals surface area contributed by atoms with E-state index in [-0.39, 0.29) is 44.0 Å². The summed E-state index contributed by atoms with van der Waals surface area (Å²) in [4.78, 5) is 31.8. The highest BCUT2D eigenvalue weighted by Crippen LogP contribution is 2.45. The molecule has 1 spiro atoms. The number of nitrogens with zero attached hydrogens (tertiary/aromatic N) is 3. The summed E-state index contributed by atoms with van der Waals surface area (Å²) in [6.45, 7) is 2.17. The smallest absolute Gasteiger partial charge is 0.416 e. The molecule has 0 N–H and O–H groups in total. The van der Waals surface area contributed by atoms with Gasteiger partial charge in [0, 0.05) is 50.0 Å². The van der Waals surface area contributed by atoms with Crippen LogP contribution in [0.1, 0.15) is 58.6 Å². The molecule has 12 heteroatoms. The highest BCUT2D eigenvalue weighted by Gasteiger charge is 2.52. The largest absolute Gasteiger partial charge is 0.442 e. The first kappa shape index (κ1) is 29.2. The normalized spacial score (nSPS) is 22.6. The molecule has 3 fully saturated rings. The van der Waals surface area contributed by atoms with E-state index in [9.17, 15) is 35.9 Å². The molecule has 3 aliphatic heterocycles. The fourth-order valence-corrected chi connectivity index (χ4v) is 6.24. The van der Waals surface area contributed by atoms with Gasteiger partial charge in [-0.25, -0.2) is 4.79 Å². The average Bonchev–Trinajstić information content (AvgIpc) is 2.93. The Morgan fingerprint density at radius 1 is 0.878 bits per heavy atom. The minimum Gasteiger partial charge on any atom is -0.442 e. The van der Waals surface area contributed by atoms with Crippen LogP contribution in [-0.2, 0) is 17.1 Å². The van der Waals surface area contributed by atoms with Gasteiger partial charge in [0.15, 0.2) is 0 Å². The van der Waals surface area contributed by atoms with Crippen molar-refractivity contribution < 1.29 is 40.7 Å². The van der Waals surface area contributed by atoms with Crippen LogP contribution >= 0.6 is 0 Å². The van der Waals surface area contributed by atoms with E-state index in [1.807, 2.05) is 37.4 Å². The highest BCUT2D eigenvalue weighted by atomic mass is 19.4. The highest BCUT2D eigenvalue weighted by molar-refractivity contribution is 5.94. The number of halogens is 6. The molecule has 6 nitrogen and oxygen atoms in total. The first-order valence-corrected chi connectivity index (χ1v) is 13.6. The van der Waals surface area contributed by atoms with E-state index >= 15 is 0 Å². The minimum atomic E-state index is -5.05. The van der Waals surface area contributed by atoms with E-state index in [1.54, 1.807) is 4.90 Å². The van der Waals surface area contributed by atoms with Crippen LogP contribution in [0.2, 0.25) is 0 Å².